The molecule has 108 valence electrons. The number of anilines is 1. The monoisotopic (exact) mass is 293 g/mol. The lowest BCUT2D eigenvalue weighted by molar-refractivity contribution is -0.0449. The number of hydrogen-bond acceptors (Lipinski definition) is 3. The average Bonchev–Trinajstić information content (AvgIpc) is 2.23. The second-order valence-electron chi connectivity index (χ2n) is 5.20. The molecular formula is C13H18ClF2NO2. The quantitative estimate of drug-likeness (QED) is 0.876. The molecular weight excluding hydrogens is 276 g/mol. The van der Waals surface area contributed by atoms with Crippen LogP contribution in [0.3, 0.4) is 0 Å². The molecule has 0 spiro atoms. The average molecular weight is 294 g/mol. The maximum absolute atomic E-state index is 13.4. The number of rotatable bonds is 5. The molecule has 6 heteroatoms. The van der Waals surface area contributed by atoms with E-state index in [1.165, 1.54) is 0 Å². The van der Waals surface area contributed by atoms with Crippen molar-refractivity contribution in [2.75, 3.05) is 18.5 Å². The standard InChI is InChI=1S/C13H18ClF2NO2/c1-13(2,3)19-7-9(18)6-17-12-10(14)4-8(15)5-11(12)16/h4-5,9,17-18H,6-7H2,1-3H3. The number of halogens is 3. The van der Waals surface area contributed by atoms with Crippen molar-refractivity contribution in [2.45, 2.75) is 32.5 Å². The van der Waals surface area contributed by atoms with E-state index in [2.05, 4.69) is 5.32 Å². The summed E-state index contributed by atoms with van der Waals surface area (Å²) in [7, 11) is 0. The second kappa shape index (κ2) is 6.50. The maximum atomic E-state index is 13.4. The summed E-state index contributed by atoms with van der Waals surface area (Å²) in [4.78, 5) is 0. The molecule has 1 aromatic carbocycles. The number of hydrogen-bond donors (Lipinski definition) is 2. The summed E-state index contributed by atoms with van der Waals surface area (Å²) in [5.41, 5.74) is -0.391. The summed E-state index contributed by atoms with van der Waals surface area (Å²) in [5.74, 6) is -1.54. The Balaban J connectivity index is 2.53. The molecule has 0 saturated heterocycles. The van der Waals surface area contributed by atoms with Crippen LogP contribution in [0.5, 0.6) is 0 Å². The van der Waals surface area contributed by atoms with Crippen LogP contribution in [0.4, 0.5) is 14.5 Å². The van der Waals surface area contributed by atoms with E-state index in [-0.39, 0.29) is 29.5 Å². The Labute approximate surface area is 116 Å². The lowest BCUT2D eigenvalue weighted by Crippen LogP contribution is -2.30. The van der Waals surface area contributed by atoms with Crippen molar-refractivity contribution in [2.24, 2.45) is 0 Å². The van der Waals surface area contributed by atoms with E-state index in [1.807, 2.05) is 20.8 Å². The van der Waals surface area contributed by atoms with E-state index < -0.39 is 17.7 Å². The van der Waals surface area contributed by atoms with Gasteiger partial charge in [-0.25, -0.2) is 8.78 Å². The van der Waals surface area contributed by atoms with Gasteiger partial charge in [-0.15, -0.1) is 0 Å². The third kappa shape index (κ3) is 5.72. The molecule has 1 unspecified atom stereocenters. The Morgan fingerprint density at radius 3 is 2.53 bits per heavy atom. The molecule has 0 saturated carbocycles. The van der Waals surface area contributed by atoms with E-state index in [9.17, 15) is 13.9 Å². The first-order valence-corrected chi connectivity index (χ1v) is 6.27. The first-order chi connectivity index (χ1) is 8.69. The Morgan fingerprint density at radius 1 is 1.37 bits per heavy atom. The summed E-state index contributed by atoms with van der Waals surface area (Å²) in [6, 6.07) is 1.73. The van der Waals surface area contributed by atoms with Crippen LogP contribution >= 0.6 is 11.6 Å². The molecule has 0 aliphatic rings. The topological polar surface area (TPSA) is 41.5 Å². The highest BCUT2D eigenvalue weighted by atomic mass is 35.5. The third-order valence-electron chi connectivity index (χ3n) is 2.23. The number of aliphatic hydroxyl groups is 1. The van der Waals surface area contributed by atoms with E-state index in [4.69, 9.17) is 16.3 Å². The zero-order valence-electron chi connectivity index (χ0n) is 11.1. The fourth-order valence-corrected chi connectivity index (χ4v) is 1.60. The Kier molecular flexibility index (Phi) is 5.52. The maximum Gasteiger partial charge on any atom is 0.150 e. The van der Waals surface area contributed by atoms with E-state index in [1.54, 1.807) is 0 Å². The molecule has 0 heterocycles. The smallest absolute Gasteiger partial charge is 0.150 e. The first kappa shape index (κ1) is 16.1. The largest absolute Gasteiger partial charge is 0.389 e. The number of nitrogens with one attached hydrogen (secondary N) is 1. The zero-order valence-corrected chi connectivity index (χ0v) is 11.9. The van der Waals surface area contributed by atoms with Crippen molar-refractivity contribution >= 4 is 17.3 Å². The van der Waals surface area contributed by atoms with E-state index in [0.29, 0.717) is 0 Å². The highest BCUT2D eigenvalue weighted by Crippen LogP contribution is 2.26. The molecule has 0 bridgehead atoms. The van der Waals surface area contributed by atoms with Crippen LogP contribution in [0, 0.1) is 11.6 Å². The van der Waals surface area contributed by atoms with Gasteiger partial charge in [0.15, 0.2) is 5.82 Å². The highest BCUT2D eigenvalue weighted by molar-refractivity contribution is 6.33. The molecule has 0 aromatic heterocycles. The van der Waals surface area contributed by atoms with Crippen molar-refractivity contribution < 1.29 is 18.6 Å². The van der Waals surface area contributed by atoms with E-state index in [0.717, 1.165) is 12.1 Å². The van der Waals surface area contributed by atoms with Gasteiger partial charge in [0.2, 0.25) is 0 Å². The van der Waals surface area contributed by atoms with Gasteiger partial charge in [-0.1, -0.05) is 11.6 Å². The summed E-state index contributed by atoms with van der Waals surface area (Å²) < 4.78 is 31.7. The van der Waals surface area contributed by atoms with Crippen molar-refractivity contribution in [3.8, 4) is 0 Å². The lowest BCUT2D eigenvalue weighted by atomic mass is 10.2. The van der Waals surface area contributed by atoms with Crippen LogP contribution in [0.1, 0.15) is 20.8 Å². The molecule has 19 heavy (non-hydrogen) atoms. The minimum Gasteiger partial charge on any atom is -0.389 e. The SMILES string of the molecule is CC(C)(C)OCC(O)CNc1c(F)cc(F)cc1Cl. The van der Waals surface area contributed by atoms with Gasteiger partial charge in [0.05, 0.1) is 29.0 Å². The van der Waals surface area contributed by atoms with Crippen molar-refractivity contribution in [1.29, 1.82) is 0 Å². The van der Waals surface area contributed by atoms with Crippen molar-refractivity contribution in [1.82, 2.24) is 0 Å². The summed E-state index contributed by atoms with van der Waals surface area (Å²) in [5, 5.41) is 12.3. The fraction of sp³-hybridized carbons (Fsp3) is 0.538. The molecule has 0 amide bonds. The summed E-state index contributed by atoms with van der Waals surface area (Å²) in [6.07, 6.45) is -0.820. The van der Waals surface area contributed by atoms with Gasteiger partial charge >= 0.3 is 0 Å². The molecule has 1 atom stereocenters. The number of ether oxygens (including phenoxy) is 1. The summed E-state index contributed by atoms with van der Waals surface area (Å²) in [6.45, 7) is 5.76. The highest BCUT2D eigenvalue weighted by Gasteiger charge is 2.15. The lowest BCUT2D eigenvalue weighted by Gasteiger charge is -2.22. The molecule has 0 aliphatic heterocycles. The van der Waals surface area contributed by atoms with Gasteiger partial charge in [-0.2, -0.15) is 0 Å². The first-order valence-electron chi connectivity index (χ1n) is 5.89. The number of benzene rings is 1. The molecule has 2 N–H and O–H groups in total. The third-order valence-corrected chi connectivity index (χ3v) is 2.53. The Morgan fingerprint density at radius 2 is 2.00 bits per heavy atom. The van der Waals surface area contributed by atoms with Crippen molar-refractivity contribution in [3.05, 3.63) is 28.8 Å². The molecule has 1 rings (SSSR count). The zero-order chi connectivity index (χ0) is 14.6. The van der Waals surface area contributed by atoms with E-state index >= 15 is 0 Å². The van der Waals surface area contributed by atoms with Crippen LogP contribution in [0.2, 0.25) is 5.02 Å². The van der Waals surface area contributed by atoms with Crippen LogP contribution in [0.25, 0.3) is 0 Å². The van der Waals surface area contributed by atoms with Crippen LogP contribution in [-0.2, 0) is 4.74 Å². The Hall–Kier alpha value is -0.910. The molecule has 0 fully saturated rings. The second-order valence-corrected chi connectivity index (χ2v) is 5.61. The molecule has 0 radical (unpaired) electrons. The molecule has 3 nitrogen and oxygen atoms in total. The van der Waals surface area contributed by atoms with Gasteiger partial charge in [0.25, 0.3) is 0 Å². The van der Waals surface area contributed by atoms with Crippen molar-refractivity contribution in [3.63, 3.8) is 0 Å². The van der Waals surface area contributed by atoms with Gasteiger partial charge in [-0.3, -0.25) is 0 Å². The number of aliphatic hydroxyl groups excluding tert-OH is 1. The predicted molar refractivity (Wildman–Crippen MR) is 71.6 cm³/mol. The van der Waals surface area contributed by atoms with Gasteiger partial charge < -0.3 is 15.2 Å². The van der Waals surface area contributed by atoms with Crippen LogP contribution in [0.15, 0.2) is 12.1 Å². The Bertz CT molecular complexity index is 412. The normalized spacial score (nSPS) is 13.4. The predicted octanol–water partition coefficient (Wildman–Crippen LogP) is 3.21. The molecule has 0 aliphatic carbocycles. The minimum atomic E-state index is -0.820. The minimum absolute atomic E-state index is 0.0297. The summed E-state index contributed by atoms with van der Waals surface area (Å²) >= 11 is 5.71. The van der Waals surface area contributed by atoms with Gasteiger partial charge in [0.1, 0.15) is 5.82 Å². The molecule has 1 aromatic rings. The fourth-order valence-electron chi connectivity index (χ4n) is 1.34. The van der Waals surface area contributed by atoms with Gasteiger partial charge in [0, 0.05) is 12.6 Å². The van der Waals surface area contributed by atoms with Crippen LogP contribution < -0.4 is 5.32 Å². The van der Waals surface area contributed by atoms with Crippen LogP contribution in [-0.4, -0.2) is 30.0 Å². The van der Waals surface area contributed by atoms with Gasteiger partial charge in [-0.05, 0) is 26.8 Å².